The first kappa shape index (κ1) is 37.0. The number of nitrogens with one attached hydrogen (secondary N) is 3. The third-order valence-electron chi connectivity index (χ3n) is 11.3. The smallest absolute Gasteiger partial charge is 0.250 e. The molecule has 13 heteroatoms. The Morgan fingerprint density at radius 2 is 1.43 bits per heavy atom. The van der Waals surface area contributed by atoms with E-state index in [1.165, 1.54) is 6.92 Å². The molecule has 3 N–H and O–H groups in total. The van der Waals surface area contributed by atoms with E-state index in [2.05, 4.69) is 20.3 Å². The van der Waals surface area contributed by atoms with Gasteiger partial charge in [0, 0.05) is 25.6 Å². The number of fused-ring (bicyclic) bond motifs is 2. The fourth-order valence-electron chi connectivity index (χ4n) is 8.64. The molecule has 2 aliphatic heterocycles. The molecule has 0 bridgehead atoms. The van der Waals surface area contributed by atoms with Crippen LogP contribution in [0.5, 0.6) is 0 Å². The lowest BCUT2D eigenvalue weighted by atomic mass is 10.0. The molecule has 58 heavy (non-hydrogen) atoms. The Kier molecular flexibility index (Phi) is 9.82. The summed E-state index contributed by atoms with van der Waals surface area (Å²) in [5.41, 5.74) is 6.43. The third kappa shape index (κ3) is 6.91. The first-order valence-corrected chi connectivity index (χ1v) is 19.8. The fraction of sp³-hybridized carbons (Fsp3) is 0.289. The highest BCUT2D eigenvalue weighted by molar-refractivity contribution is 5.91. The van der Waals surface area contributed by atoms with Gasteiger partial charge >= 0.3 is 0 Å². The number of oxazole rings is 1. The first-order valence-electron chi connectivity index (χ1n) is 19.8. The second-order valence-electron chi connectivity index (χ2n) is 15.4. The molecule has 4 atom stereocenters. The molecule has 0 unspecified atom stereocenters. The quantitative estimate of drug-likeness (QED) is 0.131. The highest BCUT2D eigenvalue weighted by Gasteiger charge is 2.38. The monoisotopic (exact) mass is 775 g/mol. The Labute approximate surface area is 335 Å². The number of aromatic nitrogens is 5. The number of para-hydroxylation sites is 1. The number of H-pyrrole nitrogens is 2. The average molecular weight is 776 g/mol. The summed E-state index contributed by atoms with van der Waals surface area (Å²) in [7, 11) is 3.88. The maximum Gasteiger partial charge on any atom is 0.250 e. The summed E-state index contributed by atoms with van der Waals surface area (Å²) in [6.45, 7) is 2.66. The van der Waals surface area contributed by atoms with Crippen molar-refractivity contribution in [3.8, 4) is 22.8 Å². The molecule has 2 aliphatic rings. The minimum atomic E-state index is -0.780. The van der Waals surface area contributed by atoms with Crippen LogP contribution >= 0.6 is 0 Å². The molecule has 9 rings (SSSR count). The van der Waals surface area contributed by atoms with Crippen LogP contribution in [0.3, 0.4) is 0 Å². The zero-order valence-electron chi connectivity index (χ0n) is 32.7. The standard InChI is InChI=1S/C45H45N9O4/c1-27(55)47-38(28-13-6-4-7-14-28)44(56)53-23-11-19-35(53)41-48-32-22-21-30(25-34(32)50-41)37-26-46-43(58-37)31-17-10-18-33-39(31)51-42(49-33)36-20-12-24-54(36)45(57)40(52(2)3)29-15-8-5-9-16-29/h4-10,13-18,21-22,25-26,35-36,38,40H,11-12,19-20,23-24H2,1-3H3,(H,47,55)(H,48,50)(H,49,51)/t35-,36-,38-,40+/m0/s1. The predicted molar refractivity (Wildman–Crippen MR) is 220 cm³/mol. The summed E-state index contributed by atoms with van der Waals surface area (Å²) in [4.78, 5) is 67.6. The number of amides is 3. The number of benzene rings is 4. The van der Waals surface area contributed by atoms with Gasteiger partial charge in [-0.2, -0.15) is 0 Å². The van der Waals surface area contributed by atoms with Crippen molar-refractivity contribution in [1.82, 2.24) is 44.9 Å². The Morgan fingerprint density at radius 1 is 0.776 bits per heavy atom. The second kappa shape index (κ2) is 15.4. The topological polar surface area (TPSA) is 156 Å². The van der Waals surface area contributed by atoms with Crippen molar-refractivity contribution < 1.29 is 18.8 Å². The molecule has 0 spiro atoms. The first-order chi connectivity index (χ1) is 28.2. The van der Waals surface area contributed by atoms with E-state index in [9.17, 15) is 14.4 Å². The normalized spacial score (nSPS) is 18.0. The number of rotatable bonds is 10. The van der Waals surface area contributed by atoms with Crippen molar-refractivity contribution in [1.29, 1.82) is 0 Å². The van der Waals surface area contributed by atoms with Crippen molar-refractivity contribution >= 4 is 39.8 Å². The maximum absolute atomic E-state index is 14.1. The van der Waals surface area contributed by atoms with Gasteiger partial charge in [-0.3, -0.25) is 19.3 Å². The SMILES string of the molecule is CC(=O)N[C@H](C(=O)N1CCC[C@H]1c1nc2ccc(-c3cnc(-c4cccc5[nH]c([C@@H]6CCCN6C(=O)[C@@H](c6ccccc6)N(C)C)nc45)o3)cc2[nH]1)c1ccccc1. The molecule has 13 nitrogen and oxygen atoms in total. The Bertz CT molecular complexity index is 2610. The van der Waals surface area contributed by atoms with E-state index in [0.717, 1.165) is 75.8 Å². The highest BCUT2D eigenvalue weighted by atomic mass is 16.4. The van der Waals surface area contributed by atoms with Crippen molar-refractivity contribution in [2.45, 2.75) is 56.8 Å². The van der Waals surface area contributed by atoms with E-state index in [-0.39, 0.29) is 29.8 Å². The number of likely N-dealkylation sites (N-methyl/N-ethyl adjacent to an activating group) is 1. The number of hydrogen-bond donors (Lipinski definition) is 3. The Balaban J connectivity index is 0.958. The minimum Gasteiger partial charge on any atom is -0.436 e. The van der Waals surface area contributed by atoms with Gasteiger partial charge in [0.05, 0.1) is 40.4 Å². The maximum atomic E-state index is 14.1. The van der Waals surface area contributed by atoms with E-state index in [0.29, 0.717) is 30.6 Å². The summed E-state index contributed by atoms with van der Waals surface area (Å²) in [5.74, 6) is 2.11. The highest BCUT2D eigenvalue weighted by Crippen LogP contribution is 2.38. The van der Waals surface area contributed by atoms with E-state index in [1.807, 2.05) is 126 Å². The summed E-state index contributed by atoms with van der Waals surface area (Å²) < 4.78 is 6.41. The van der Waals surface area contributed by atoms with Crippen molar-refractivity contribution in [3.63, 3.8) is 0 Å². The zero-order chi connectivity index (χ0) is 39.9. The number of likely N-dealkylation sites (tertiary alicyclic amines) is 2. The Morgan fingerprint density at radius 3 is 2.12 bits per heavy atom. The van der Waals surface area contributed by atoms with Crippen LogP contribution in [0.4, 0.5) is 0 Å². The molecular formula is C45H45N9O4. The van der Waals surface area contributed by atoms with Gasteiger partial charge in [0.2, 0.25) is 23.6 Å². The van der Waals surface area contributed by atoms with Crippen LogP contribution in [0.2, 0.25) is 0 Å². The van der Waals surface area contributed by atoms with E-state index >= 15 is 0 Å². The van der Waals surface area contributed by atoms with Gasteiger partial charge < -0.3 is 29.5 Å². The summed E-state index contributed by atoms with van der Waals surface area (Å²) >= 11 is 0. The van der Waals surface area contributed by atoms with Gasteiger partial charge in [-0.05, 0) is 81.2 Å². The van der Waals surface area contributed by atoms with Crippen LogP contribution in [-0.4, -0.2) is 84.5 Å². The lowest BCUT2D eigenvalue weighted by molar-refractivity contribution is -0.137. The number of nitrogens with zero attached hydrogens (tertiary/aromatic N) is 6. The largest absolute Gasteiger partial charge is 0.436 e. The lowest BCUT2D eigenvalue weighted by Crippen LogP contribution is -2.42. The van der Waals surface area contributed by atoms with Gasteiger partial charge in [-0.1, -0.05) is 66.7 Å². The molecular weight excluding hydrogens is 731 g/mol. The summed E-state index contributed by atoms with van der Waals surface area (Å²) in [6.07, 6.45) is 5.01. The number of aromatic amines is 2. The molecule has 2 saturated heterocycles. The van der Waals surface area contributed by atoms with Crippen LogP contribution in [0.1, 0.15) is 79.6 Å². The molecule has 294 valence electrons. The van der Waals surface area contributed by atoms with E-state index < -0.39 is 12.1 Å². The molecule has 3 aromatic heterocycles. The van der Waals surface area contributed by atoms with Gasteiger partial charge in [0.25, 0.3) is 0 Å². The van der Waals surface area contributed by atoms with Crippen molar-refractivity contribution in [2.75, 3.05) is 27.2 Å². The van der Waals surface area contributed by atoms with Crippen LogP contribution in [-0.2, 0) is 14.4 Å². The zero-order valence-corrected chi connectivity index (χ0v) is 32.7. The van der Waals surface area contributed by atoms with E-state index in [1.54, 1.807) is 6.20 Å². The van der Waals surface area contributed by atoms with Crippen LogP contribution in [0, 0.1) is 0 Å². The number of carbonyl (C=O) groups is 3. The van der Waals surface area contributed by atoms with Crippen LogP contribution in [0.25, 0.3) is 44.8 Å². The number of imidazole rings is 2. The molecule has 4 aromatic carbocycles. The van der Waals surface area contributed by atoms with Crippen molar-refractivity contribution in [3.05, 3.63) is 126 Å². The molecule has 0 aliphatic carbocycles. The van der Waals surface area contributed by atoms with Gasteiger partial charge in [-0.25, -0.2) is 15.0 Å². The Hall–Kier alpha value is -6.60. The van der Waals surface area contributed by atoms with Crippen molar-refractivity contribution in [2.24, 2.45) is 0 Å². The number of hydrogen-bond acceptors (Lipinski definition) is 8. The number of carbonyl (C=O) groups excluding carboxylic acids is 3. The molecule has 0 radical (unpaired) electrons. The predicted octanol–water partition coefficient (Wildman–Crippen LogP) is 7.27. The minimum absolute atomic E-state index is 0.0609. The molecule has 0 saturated carbocycles. The van der Waals surface area contributed by atoms with E-state index in [4.69, 9.17) is 14.4 Å². The lowest BCUT2D eigenvalue weighted by Gasteiger charge is -2.31. The molecule has 2 fully saturated rings. The second-order valence-corrected chi connectivity index (χ2v) is 15.4. The molecule has 7 aromatic rings. The fourth-order valence-corrected chi connectivity index (χ4v) is 8.64. The summed E-state index contributed by atoms with van der Waals surface area (Å²) in [5, 5.41) is 2.85. The molecule has 5 heterocycles. The average Bonchev–Trinajstić information content (AvgIpc) is 4.09. The van der Waals surface area contributed by atoms with Crippen LogP contribution < -0.4 is 5.32 Å². The molecule has 3 amide bonds. The summed E-state index contributed by atoms with van der Waals surface area (Å²) in [6, 6.07) is 29.4. The van der Waals surface area contributed by atoms with Gasteiger partial charge in [-0.15, -0.1) is 0 Å². The third-order valence-corrected chi connectivity index (χ3v) is 11.3. The van der Waals surface area contributed by atoms with Gasteiger partial charge in [0.15, 0.2) is 5.76 Å². The van der Waals surface area contributed by atoms with Gasteiger partial charge in [0.1, 0.15) is 29.2 Å². The van der Waals surface area contributed by atoms with Crippen LogP contribution in [0.15, 0.2) is 108 Å².